The maximum atomic E-state index is 12.6. The number of ether oxygens (including phenoxy) is 2. The molecule has 1 aromatic heterocycles. The SMILES string of the molecule is COC(=O)c1c(N)c(C#N)cn1-c1ccc(OC)c(S(=O)(=O)N(C)C)c1. The standard InChI is InChI=1S/C16H18N4O5S/c1-19(2)26(22,23)13-7-11(5-6-12(13)24-3)20-9-10(8-17)14(18)15(20)16(21)25-4/h5-7,9H,18H2,1-4H3. The van der Waals surface area contributed by atoms with Crippen molar-refractivity contribution in [3.63, 3.8) is 0 Å². The summed E-state index contributed by atoms with van der Waals surface area (Å²) in [6, 6.07) is 6.22. The summed E-state index contributed by atoms with van der Waals surface area (Å²) in [4.78, 5) is 12.0. The molecular formula is C16H18N4O5S. The molecule has 2 aromatic rings. The third-order valence-electron chi connectivity index (χ3n) is 3.73. The van der Waals surface area contributed by atoms with Gasteiger partial charge in [0.25, 0.3) is 0 Å². The number of anilines is 1. The Morgan fingerprint density at radius 3 is 2.46 bits per heavy atom. The average molecular weight is 378 g/mol. The Hall–Kier alpha value is -3.03. The molecule has 26 heavy (non-hydrogen) atoms. The highest BCUT2D eigenvalue weighted by Crippen LogP contribution is 2.31. The number of carbonyl (C=O) groups excluding carboxylic acids is 1. The first-order valence-electron chi connectivity index (χ1n) is 7.29. The minimum atomic E-state index is -3.82. The molecule has 10 heteroatoms. The Balaban J connectivity index is 2.80. The largest absolute Gasteiger partial charge is 0.495 e. The van der Waals surface area contributed by atoms with E-state index in [2.05, 4.69) is 0 Å². The molecule has 0 saturated heterocycles. The molecule has 0 aliphatic rings. The number of nitrogens with two attached hydrogens (primary N) is 1. The summed E-state index contributed by atoms with van der Waals surface area (Å²) in [6.07, 6.45) is 1.34. The van der Waals surface area contributed by atoms with Crippen LogP contribution in [0.3, 0.4) is 0 Å². The number of esters is 1. The number of sulfonamides is 1. The molecule has 0 radical (unpaired) electrons. The highest BCUT2D eigenvalue weighted by molar-refractivity contribution is 7.89. The van der Waals surface area contributed by atoms with Gasteiger partial charge < -0.3 is 19.8 Å². The summed E-state index contributed by atoms with van der Waals surface area (Å²) >= 11 is 0. The lowest BCUT2D eigenvalue weighted by Crippen LogP contribution is -2.23. The number of aromatic nitrogens is 1. The second-order valence-corrected chi connectivity index (χ2v) is 7.52. The first kappa shape index (κ1) is 19.3. The Labute approximate surface area is 151 Å². The van der Waals surface area contributed by atoms with Gasteiger partial charge in [-0.1, -0.05) is 0 Å². The number of nitrogens with zero attached hydrogens (tertiary/aromatic N) is 3. The van der Waals surface area contributed by atoms with Crippen molar-refractivity contribution in [2.75, 3.05) is 34.0 Å². The second kappa shape index (κ2) is 7.07. The van der Waals surface area contributed by atoms with E-state index >= 15 is 0 Å². The Kier molecular flexibility index (Phi) is 5.25. The summed E-state index contributed by atoms with van der Waals surface area (Å²) in [5.41, 5.74) is 6.12. The van der Waals surface area contributed by atoms with Gasteiger partial charge in [-0.25, -0.2) is 17.5 Å². The van der Waals surface area contributed by atoms with Crippen LogP contribution in [0.5, 0.6) is 5.75 Å². The molecule has 1 aromatic carbocycles. The molecule has 1 heterocycles. The fourth-order valence-electron chi connectivity index (χ4n) is 2.33. The Bertz CT molecular complexity index is 1000. The summed E-state index contributed by atoms with van der Waals surface area (Å²) in [5, 5.41) is 9.18. The second-order valence-electron chi connectivity index (χ2n) is 5.40. The Morgan fingerprint density at radius 2 is 1.96 bits per heavy atom. The van der Waals surface area contributed by atoms with Crippen molar-refractivity contribution in [2.24, 2.45) is 0 Å². The number of nitrogen functional groups attached to an aromatic ring is 1. The van der Waals surface area contributed by atoms with E-state index in [1.807, 2.05) is 6.07 Å². The number of nitriles is 1. The van der Waals surface area contributed by atoms with Crippen LogP contribution in [0.1, 0.15) is 16.1 Å². The van der Waals surface area contributed by atoms with Gasteiger partial charge in [0.2, 0.25) is 10.0 Å². The van der Waals surface area contributed by atoms with Gasteiger partial charge in [0.1, 0.15) is 16.7 Å². The van der Waals surface area contributed by atoms with E-state index in [1.165, 1.54) is 51.2 Å². The van der Waals surface area contributed by atoms with Crippen molar-refractivity contribution in [1.82, 2.24) is 8.87 Å². The maximum absolute atomic E-state index is 12.6. The maximum Gasteiger partial charge on any atom is 0.357 e. The summed E-state index contributed by atoms with van der Waals surface area (Å²) in [5.74, 6) is -0.612. The minimum absolute atomic E-state index is 0.0489. The average Bonchev–Trinajstić information content (AvgIpc) is 2.96. The van der Waals surface area contributed by atoms with E-state index in [0.717, 1.165) is 4.31 Å². The smallest absolute Gasteiger partial charge is 0.357 e. The van der Waals surface area contributed by atoms with E-state index in [4.69, 9.17) is 15.2 Å². The number of methoxy groups -OCH3 is 2. The van der Waals surface area contributed by atoms with Gasteiger partial charge in [-0.05, 0) is 18.2 Å². The molecular weight excluding hydrogens is 360 g/mol. The van der Waals surface area contributed by atoms with Crippen LogP contribution < -0.4 is 10.5 Å². The van der Waals surface area contributed by atoms with Crippen molar-refractivity contribution in [3.05, 3.63) is 35.7 Å². The molecule has 0 bridgehead atoms. The van der Waals surface area contributed by atoms with E-state index in [0.29, 0.717) is 5.69 Å². The zero-order chi connectivity index (χ0) is 19.6. The van der Waals surface area contributed by atoms with Crippen LogP contribution in [-0.4, -0.2) is 51.6 Å². The number of hydrogen-bond acceptors (Lipinski definition) is 7. The quantitative estimate of drug-likeness (QED) is 0.768. The number of rotatable bonds is 5. The monoisotopic (exact) mass is 378 g/mol. The predicted molar refractivity (Wildman–Crippen MR) is 93.7 cm³/mol. The lowest BCUT2D eigenvalue weighted by molar-refractivity contribution is 0.0593. The first-order chi connectivity index (χ1) is 12.2. The van der Waals surface area contributed by atoms with Gasteiger partial charge in [0, 0.05) is 26.0 Å². The minimum Gasteiger partial charge on any atom is -0.495 e. The third kappa shape index (κ3) is 3.10. The fraction of sp³-hybridized carbons (Fsp3) is 0.250. The van der Waals surface area contributed by atoms with E-state index in [1.54, 1.807) is 6.07 Å². The molecule has 0 atom stereocenters. The lowest BCUT2D eigenvalue weighted by atomic mass is 10.2. The van der Waals surface area contributed by atoms with Crippen LogP contribution in [0.15, 0.2) is 29.3 Å². The van der Waals surface area contributed by atoms with E-state index in [-0.39, 0.29) is 27.6 Å². The summed E-state index contributed by atoms with van der Waals surface area (Å²) in [7, 11) is 1.50. The molecule has 0 fully saturated rings. The van der Waals surface area contributed by atoms with Gasteiger partial charge in [0.05, 0.1) is 25.5 Å². The molecule has 0 aliphatic carbocycles. The van der Waals surface area contributed by atoms with Crippen LogP contribution in [0.4, 0.5) is 5.69 Å². The van der Waals surface area contributed by atoms with Crippen molar-refractivity contribution >= 4 is 21.7 Å². The molecule has 0 unspecified atom stereocenters. The zero-order valence-corrected chi connectivity index (χ0v) is 15.5. The van der Waals surface area contributed by atoms with Crippen molar-refractivity contribution in [1.29, 1.82) is 5.26 Å². The lowest BCUT2D eigenvalue weighted by Gasteiger charge is -2.16. The van der Waals surface area contributed by atoms with E-state index < -0.39 is 16.0 Å². The molecule has 138 valence electrons. The van der Waals surface area contributed by atoms with Gasteiger partial charge >= 0.3 is 5.97 Å². The van der Waals surface area contributed by atoms with Gasteiger partial charge in [-0.15, -0.1) is 0 Å². The molecule has 2 rings (SSSR count). The van der Waals surface area contributed by atoms with E-state index in [9.17, 15) is 18.5 Å². The number of benzene rings is 1. The van der Waals surface area contributed by atoms with Crippen molar-refractivity contribution < 1.29 is 22.7 Å². The fourth-order valence-corrected chi connectivity index (χ4v) is 3.40. The molecule has 0 aliphatic heterocycles. The van der Waals surface area contributed by atoms with Crippen LogP contribution in [0.2, 0.25) is 0 Å². The molecule has 9 nitrogen and oxygen atoms in total. The topological polar surface area (TPSA) is 128 Å². The zero-order valence-electron chi connectivity index (χ0n) is 14.7. The number of carbonyl (C=O) groups is 1. The van der Waals surface area contributed by atoms with Crippen molar-refractivity contribution in [2.45, 2.75) is 4.90 Å². The summed E-state index contributed by atoms with van der Waals surface area (Å²) in [6.45, 7) is 0. The highest BCUT2D eigenvalue weighted by Gasteiger charge is 2.26. The van der Waals surface area contributed by atoms with Gasteiger partial charge in [-0.2, -0.15) is 5.26 Å². The third-order valence-corrected chi connectivity index (χ3v) is 5.56. The van der Waals surface area contributed by atoms with Gasteiger partial charge in [-0.3, -0.25) is 0 Å². The molecule has 2 N–H and O–H groups in total. The first-order valence-corrected chi connectivity index (χ1v) is 8.73. The van der Waals surface area contributed by atoms with Crippen molar-refractivity contribution in [3.8, 4) is 17.5 Å². The highest BCUT2D eigenvalue weighted by atomic mass is 32.2. The predicted octanol–water partition coefficient (Wildman–Crippen LogP) is 0.977. The van der Waals surface area contributed by atoms with Gasteiger partial charge in [0.15, 0.2) is 5.69 Å². The number of hydrogen-bond donors (Lipinski definition) is 1. The van der Waals surface area contributed by atoms with Crippen LogP contribution in [0, 0.1) is 11.3 Å². The van der Waals surface area contributed by atoms with Crippen LogP contribution in [0.25, 0.3) is 5.69 Å². The molecule has 0 spiro atoms. The Morgan fingerprint density at radius 1 is 1.31 bits per heavy atom. The van der Waals surface area contributed by atoms with Crippen LogP contribution in [-0.2, 0) is 14.8 Å². The van der Waals surface area contributed by atoms with Crippen LogP contribution >= 0.6 is 0 Å². The normalized spacial score (nSPS) is 11.2. The summed E-state index contributed by atoms with van der Waals surface area (Å²) < 4.78 is 37.3. The molecule has 0 amide bonds. The molecule has 0 saturated carbocycles.